The molecular formula is C17H18BrNO3S. The summed E-state index contributed by atoms with van der Waals surface area (Å²) >= 11 is 4.90. The van der Waals surface area contributed by atoms with Crippen LogP contribution in [0.4, 0.5) is 5.69 Å². The summed E-state index contributed by atoms with van der Waals surface area (Å²) in [6.07, 6.45) is 0. The Labute approximate surface area is 148 Å². The first kappa shape index (κ1) is 17.7. The second-order valence-electron chi connectivity index (χ2n) is 4.80. The topological polar surface area (TPSA) is 47.6 Å². The van der Waals surface area contributed by atoms with Gasteiger partial charge < -0.3 is 14.8 Å². The normalized spacial score (nSPS) is 11.7. The molecule has 0 aromatic heterocycles. The molecule has 0 radical (unpaired) electrons. The van der Waals surface area contributed by atoms with Gasteiger partial charge in [-0.2, -0.15) is 0 Å². The van der Waals surface area contributed by atoms with E-state index < -0.39 is 0 Å². The molecule has 0 aliphatic heterocycles. The van der Waals surface area contributed by atoms with E-state index in [0.717, 1.165) is 9.37 Å². The third-order valence-corrected chi connectivity index (χ3v) is 4.76. The van der Waals surface area contributed by atoms with E-state index in [1.54, 1.807) is 32.4 Å². The average Bonchev–Trinajstić information content (AvgIpc) is 2.56. The van der Waals surface area contributed by atoms with E-state index in [1.165, 1.54) is 11.8 Å². The number of methoxy groups -OCH3 is 2. The Kier molecular flexibility index (Phi) is 6.36. The molecule has 2 rings (SSSR count). The zero-order chi connectivity index (χ0) is 16.8. The Morgan fingerprint density at radius 3 is 2.17 bits per heavy atom. The van der Waals surface area contributed by atoms with Gasteiger partial charge in [0.1, 0.15) is 11.5 Å². The van der Waals surface area contributed by atoms with Gasteiger partial charge in [0.25, 0.3) is 0 Å². The molecule has 0 aliphatic carbocycles. The van der Waals surface area contributed by atoms with Crippen molar-refractivity contribution < 1.29 is 14.3 Å². The van der Waals surface area contributed by atoms with E-state index in [1.807, 2.05) is 31.2 Å². The van der Waals surface area contributed by atoms with E-state index >= 15 is 0 Å². The Hall–Kier alpha value is -1.66. The van der Waals surface area contributed by atoms with Crippen molar-refractivity contribution >= 4 is 39.3 Å². The molecule has 1 amide bonds. The predicted molar refractivity (Wildman–Crippen MR) is 97.6 cm³/mol. The molecule has 0 saturated carbocycles. The smallest absolute Gasteiger partial charge is 0.237 e. The lowest BCUT2D eigenvalue weighted by Gasteiger charge is -2.14. The Morgan fingerprint density at radius 1 is 1.09 bits per heavy atom. The van der Waals surface area contributed by atoms with Gasteiger partial charge in [-0.25, -0.2) is 0 Å². The minimum Gasteiger partial charge on any atom is -0.497 e. The summed E-state index contributed by atoms with van der Waals surface area (Å²) in [4.78, 5) is 13.4. The molecule has 122 valence electrons. The molecule has 0 saturated heterocycles. The number of carbonyl (C=O) groups is 1. The Balaban J connectivity index is 2.04. The molecule has 1 N–H and O–H groups in total. The SMILES string of the molecule is COc1cc(NC(=O)[C@@H](C)Sc2ccc(Br)cc2)cc(OC)c1. The molecule has 0 bridgehead atoms. The van der Waals surface area contributed by atoms with Crippen LogP contribution in [0.1, 0.15) is 6.92 Å². The van der Waals surface area contributed by atoms with Gasteiger partial charge in [0.15, 0.2) is 0 Å². The fourth-order valence-corrected chi connectivity index (χ4v) is 3.03. The third kappa shape index (κ3) is 5.18. The second-order valence-corrected chi connectivity index (χ2v) is 7.13. The Bertz CT molecular complexity index is 654. The lowest BCUT2D eigenvalue weighted by molar-refractivity contribution is -0.115. The minimum absolute atomic E-state index is 0.0757. The molecule has 0 aliphatic rings. The molecule has 0 fully saturated rings. The number of thioether (sulfide) groups is 1. The highest BCUT2D eigenvalue weighted by molar-refractivity contribution is 9.10. The van der Waals surface area contributed by atoms with Crippen LogP contribution >= 0.6 is 27.7 Å². The van der Waals surface area contributed by atoms with Gasteiger partial charge in [-0.15, -0.1) is 11.8 Å². The fourth-order valence-electron chi connectivity index (χ4n) is 1.89. The monoisotopic (exact) mass is 395 g/mol. The third-order valence-electron chi connectivity index (χ3n) is 3.11. The predicted octanol–water partition coefficient (Wildman–Crippen LogP) is 4.59. The maximum Gasteiger partial charge on any atom is 0.237 e. The van der Waals surface area contributed by atoms with Crippen molar-refractivity contribution in [3.63, 3.8) is 0 Å². The van der Waals surface area contributed by atoms with E-state index in [9.17, 15) is 4.79 Å². The largest absolute Gasteiger partial charge is 0.497 e. The van der Waals surface area contributed by atoms with Crippen molar-refractivity contribution in [1.29, 1.82) is 0 Å². The van der Waals surface area contributed by atoms with Crippen molar-refractivity contribution in [2.24, 2.45) is 0 Å². The van der Waals surface area contributed by atoms with Gasteiger partial charge >= 0.3 is 0 Å². The van der Waals surface area contributed by atoms with E-state index in [0.29, 0.717) is 17.2 Å². The van der Waals surface area contributed by atoms with E-state index in [2.05, 4.69) is 21.2 Å². The molecule has 0 heterocycles. The van der Waals surface area contributed by atoms with Gasteiger partial charge in [0, 0.05) is 33.3 Å². The molecule has 0 spiro atoms. The lowest BCUT2D eigenvalue weighted by Crippen LogP contribution is -2.22. The molecule has 2 aromatic rings. The minimum atomic E-state index is -0.228. The van der Waals surface area contributed by atoms with Gasteiger partial charge in [-0.05, 0) is 31.2 Å². The summed E-state index contributed by atoms with van der Waals surface area (Å²) in [7, 11) is 3.15. The van der Waals surface area contributed by atoms with Gasteiger partial charge in [-0.3, -0.25) is 4.79 Å². The zero-order valence-corrected chi connectivity index (χ0v) is 15.5. The summed E-state index contributed by atoms with van der Waals surface area (Å²) in [5.74, 6) is 1.19. The number of hydrogen-bond donors (Lipinski definition) is 1. The number of halogens is 1. The van der Waals surface area contributed by atoms with Crippen molar-refractivity contribution in [3.05, 3.63) is 46.9 Å². The highest BCUT2D eigenvalue weighted by Gasteiger charge is 2.15. The quantitative estimate of drug-likeness (QED) is 0.726. The van der Waals surface area contributed by atoms with Crippen molar-refractivity contribution in [2.75, 3.05) is 19.5 Å². The van der Waals surface area contributed by atoms with Crippen molar-refractivity contribution in [2.45, 2.75) is 17.1 Å². The average molecular weight is 396 g/mol. The van der Waals surface area contributed by atoms with Crippen LogP contribution in [0.3, 0.4) is 0 Å². The first-order valence-electron chi connectivity index (χ1n) is 6.98. The van der Waals surface area contributed by atoms with Crippen molar-refractivity contribution in [3.8, 4) is 11.5 Å². The van der Waals surface area contributed by atoms with Gasteiger partial charge in [-0.1, -0.05) is 15.9 Å². The number of anilines is 1. The highest BCUT2D eigenvalue weighted by atomic mass is 79.9. The maximum atomic E-state index is 12.4. The molecule has 6 heteroatoms. The number of hydrogen-bond acceptors (Lipinski definition) is 4. The van der Waals surface area contributed by atoms with Crippen LogP contribution in [0.15, 0.2) is 51.8 Å². The lowest BCUT2D eigenvalue weighted by atomic mass is 10.2. The van der Waals surface area contributed by atoms with Crippen LogP contribution in [0, 0.1) is 0 Å². The molecule has 2 aromatic carbocycles. The summed E-state index contributed by atoms with van der Waals surface area (Å²) in [5.41, 5.74) is 0.648. The van der Waals surface area contributed by atoms with Crippen LogP contribution in [0.5, 0.6) is 11.5 Å². The first-order valence-corrected chi connectivity index (χ1v) is 8.65. The number of ether oxygens (including phenoxy) is 2. The standard InChI is InChI=1S/C17H18BrNO3S/c1-11(23-16-6-4-12(18)5-7-16)17(20)19-13-8-14(21-2)10-15(9-13)22-3/h4-11H,1-3H3,(H,19,20)/t11-/m1/s1. The summed E-state index contributed by atoms with van der Waals surface area (Å²) in [6, 6.07) is 13.2. The van der Waals surface area contributed by atoms with Crippen LogP contribution in [0.25, 0.3) is 0 Å². The molecule has 1 atom stereocenters. The van der Waals surface area contributed by atoms with E-state index in [-0.39, 0.29) is 11.2 Å². The molecule has 0 unspecified atom stereocenters. The number of carbonyl (C=O) groups excluding carboxylic acids is 1. The maximum absolute atomic E-state index is 12.4. The van der Waals surface area contributed by atoms with Crippen molar-refractivity contribution in [1.82, 2.24) is 0 Å². The fraction of sp³-hybridized carbons (Fsp3) is 0.235. The van der Waals surface area contributed by atoms with Crippen LogP contribution < -0.4 is 14.8 Å². The highest BCUT2D eigenvalue weighted by Crippen LogP contribution is 2.28. The molecular weight excluding hydrogens is 378 g/mol. The first-order chi connectivity index (χ1) is 11.0. The van der Waals surface area contributed by atoms with Gasteiger partial charge in [0.2, 0.25) is 5.91 Å². The zero-order valence-electron chi connectivity index (χ0n) is 13.1. The number of amides is 1. The number of nitrogens with one attached hydrogen (secondary N) is 1. The van der Waals surface area contributed by atoms with Crippen LogP contribution in [-0.4, -0.2) is 25.4 Å². The summed E-state index contributed by atoms with van der Waals surface area (Å²) < 4.78 is 11.4. The van der Waals surface area contributed by atoms with Crippen LogP contribution in [0.2, 0.25) is 0 Å². The Morgan fingerprint density at radius 2 is 1.65 bits per heavy atom. The van der Waals surface area contributed by atoms with Crippen LogP contribution in [-0.2, 0) is 4.79 Å². The number of benzene rings is 2. The van der Waals surface area contributed by atoms with Gasteiger partial charge in [0.05, 0.1) is 19.5 Å². The number of rotatable bonds is 6. The summed E-state index contributed by atoms with van der Waals surface area (Å²) in [6.45, 7) is 1.87. The van der Waals surface area contributed by atoms with E-state index in [4.69, 9.17) is 9.47 Å². The second kappa shape index (κ2) is 8.26. The molecule has 4 nitrogen and oxygen atoms in total. The summed E-state index contributed by atoms with van der Waals surface area (Å²) in [5, 5.41) is 2.67. The molecule has 23 heavy (non-hydrogen) atoms.